The van der Waals surface area contributed by atoms with Gasteiger partial charge in [0.25, 0.3) is 5.56 Å². The Labute approximate surface area is 182 Å². The fourth-order valence-electron chi connectivity index (χ4n) is 5.04. The monoisotopic (exact) mass is 433 g/mol. The van der Waals surface area contributed by atoms with Crippen LogP contribution < -0.4 is 21.9 Å². The lowest BCUT2D eigenvalue weighted by molar-refractivity contribution is -0.132. The van der Waals surface area contributed by atoms with Gasteiger partial charge in [-0.15, -0.1) is 0 Å². The van der Waals surface area contributed by atoms with Crippen molar-refractivity contribution in [1.29, 1.82) is 0 Å². The average Bonchev–Trinajstić information content (AvgIpc) is 3.10. The fraction of sp³-hybridized carbons (Fsp3) is 0.727. The maximum absolute atomic E-state index is 13.2. The molecule has 2 amide bonds. The Morgan fingerprint density at radius 2 is 1.94 bits per heavy atom. The molecule has 0 unspecified atom stereocenters. The quantitative estimate of drug-likeness (QED) is 0.705. The maximum Gasteiger partial charge on any atom is 0.330 e. The van der Waals surface area contributed by atoms with E-state index in [9.17, 15) is 19.2 Å². The molecule has 1 aliphatic heterocycles. The average molecular weight is 434 g/mol. The summed E-state index contributed by atoms with van der Waals surface area (Å²) in [4.78, 5) is 56.0. The number of nitrogens with one attached hydrogen (secondary N) is 1. The number of H-pyrrole nitrogens is 1. The third-order valence-corrected chi connectivity index (χ3v) is 7.19. The van der Waals surface area contributed by atoms with Crippen LogP contribution in [0.2, 0.25) is 0 Å². The molecule has 1 aliphatic carbocycles. The zero-order chi connectivity index (χ0) is 22.9. The number of anilines is 2. The lowest BCUT2D eigenvalue weighted by Gasteiger charge is -2.40. The molecule has 2 heterocycles. The minimum absolute atomic E-state index is 0.00695. The van der Waals surface area contributed by atoms with E-state index in [0.717, 1.165) is 25.7 Å². The highest BCUT2D eigenvalue weighted by Gasteiger charge is 2.42. The molecule has 172 valence electrons. The number of nitrogens with two attached hydrogens (primary N) is 1. The van der Waals surface area contributed by atoms with Crippen molar-refractivity contribution >= 4 is 23.3 Å². The van der Waals surface area contributed by atoms with Crippen LogP contribution in [-0.4, -0.2) is 45.9 Å². The summed E-state index contributed by atoms with van der Waals surface area (Å²) in [5, 5.41) is 0. The molecule has 0 spiro atoms. The van der Waals surface area contributed by atoms with E-state index in [2.05, 4.69) is 18.8 Å². The topological polar surface area (TPSA) is 121 Å². The number of unbranched alkanes of at least 4 members (excludes halogenated alkanes) is 1. The van der Waals surface area contributed by atoms with Crippen molar-refractivity contribution in [3.63, 3.8) is 0 Å². The van der Waals surface area contributed by atoms with Crippen molar-refractivity contribution in [2.24, 2.45) is 17.8 Å². The first-order chi connectivity index (χ1) is 14.7. The Balaban J connectivity index is 1.82. The second-order valence-corrected chi connectivity index (χ2v) is 9.18. The molecule has 1 aromatic rings. The van der Waals surface area contributed by atoms with Crippen LogP contribution in [0.5, 0.6) is 0 Å². The summed E-state index contributed by atoms with van der Waals surface area (Å²) in [6.07, 6.45) is 4.92. The SMILES string of the molecule is CCCCn1c(N)c(N(C)C(=O)[C@@H]2CC(=O)N([C@@H]3CCC[C@H](C)[C@H]3C)C2)c(=O)[nH]c1=O. The first-order valence-electron chi connectivity index (χ1n) is 11.4. The van der Waals surface area contributed by atoms with Crippen LogP contribution in [0.25, 0.3) is 0 Å². The first kappa shape index (κ1) is 23.1. The second kappa shape index (κ2) is 9.28. The summed E-state index contributed by atoms with van der Waals surface area (Å²) in [7, 11) is 1.48. The van der Waals surface area contributed by atoms with Gasteiger partial charge in [-0.2, -0.15) is 0 Å². The number of aromatic nitrogens is 2. The zero-order valence-electron chi connectivity index (χ0n) is 19.0. The highest BCUT2D eigenvalue weighted by molar-refractivity contribution is 6.00. The molecule has 2 fully saturated rings. The smallest absolute Gasteiger partial charge is 0.330 e. The van der Waals surface area contributed by atoms with E-state index < -0.39 is 17.2 Å². The number of carbonyl (C=O) groups excluding carboxylic acids is 2. The lowest BCUT2D eigenvalue weighted by Crippen LogP contribution is -2.46. The number of nitrogen functional groups attached to an aromatic ring is 1. The van der Waals surface area contributed by atoms with Crippen LogP contribution in [-0.2, 0) is 16.1 Å². The van der Waals surface area contributed by atoms with Gasteiger partial charge in [0.15, 0.2) is 5.69 Å². The van der Waals surface area contributed by atoms with Crippen molar-refractivity contribution in [3.05, 3.63) is 20.8 Å². The van der Waals surface area contributed by atoms with Crippen molar-refractivity contribution in [2.75, 3.05) is 24.2 Å². The largest absolute Gasteiger partial charge is 0.383 e. The Morgan fingerprint density at radius 1 is 1.23 bits per heavy atom. The van der Waals surface area contributed by atoms with E-state index >= 15 is 0 Å². The van der Waals surface area contributed by atoms with Gasteiger partial charge in [-0.1, -0.05) is 40.0 Å². The number of likely N-dealkylation sites (tertiary alicyclic amines) is 1. The van der Waals surface area contributed by atoms with Gasteiger partial charge >= 0.3 is 5.69 Å². The number of hydrogen-bond donors (Lipinski definition) is 2. The lowest BCUT2D eigenvalue weighted by atomic mass is 9.77. The summed E-state index contributed by atoms with van der Waals surface area (Å²) in [5.74, 6) is 0.0554. The molecule has 4 atom stereocenters. The molecule has 9 heteroatoms. The molecule has 1 saturated heterocycles. The Bertz CT molecular complexity index is 952. The van der Waals surface area contributed by atoms with Crippen LogP contribution in [0.4, 0.5) is 11.5 Å². The van der Waals surface area contributed by atoms with E-state index in [1.807, 2.05) is 11.8 Å². The number of rotatable bonds is 6. The minimum Gasteiger partial charge on any atom is -0.383 e. The van der Waals surface area contributed by atoms with Crippen LogP contribution in [0, 0.1) is 17.8 Å². The van der Waals surface area contributed by atoms with E-state index in [0.29, 0.717) is 24.9 Å². The maximum atomic E-state index is 13.2. The van der Waals surface area contributed by atoms with Crippen molar-refractivity contribution < 1.29 is 9.59 Å². The van der Waals surface area contributed by atoms with Gasteiger partial charge in [0.2, 0.25) is 11.8 Å². The summed E-state index contributed by atoms with van der Waals surface area (Å²) < 4.78 is 1.29. The highest BCUT2D eigenvalue weighted by atomic mass is 16.2. The summed E-state index contributed by atoms with van der Waals surface area (Å²) in [6.45, 7) is 7.11. The third-order valence-electron chi connectivity index (χ3n) is 7.19. The van der Waals surface area contributed by atoms with Gasteiger partial charge in [0.05, 0.1) is 5.92 Å². The minimum atomic E-state index is -0.693. The standard InChI is InChI=1S/C22H35N5O4/c1-5-6-10-26-19(23)18(20(29)24-22(26)31)25(4)21(30)15-11-17(28)27(12-15)16-9-7-8-13(2)14(16)3/h13-16H,5-12,23H2,1-4H3,(H,24,29,31)/t13-,14+,15+,16+/m0/s1. The molecule has 3 N–H and O–H groups in total. The first-order valence-corrected chi connectivity index (χ1v) is 11.4. The molecular weight excluding hydrogens is 398 g/mol. The molecule has 31 heavy (non-hydrogen) atoms. The normalized spacial score (nSPS) is 26.3. The van der Waals surface area contributed by atoms with Crippen LogP contribution in [0.15, 0.2) is 9.59 Å². The van der Waals surface area contributed by atoms with Gasteiger partial charge in [0, 0.05) is 32.6 Å². The number of carbonyl (C=O) groups is 2. The molecule has 0 radical (unpaired) electrons. The molecule has 1 aromatic heterocycles. The molecule has 0 bridgehead atoms. The predicted octanol–water partition coefficient (Wildman–Crippen LogP) is 1.55. The van der Waals surface area contributed by atoms with E-state index in [4.69, 9.17) is 5.73 Å². The van der Waals surface area contributed by atoms with Crippen LogP contribution >= 0.6 is 0 Å². The predicted molar refractivity (Wildman–Crippen MR) is 120 cm³/mol. The Kier molecular flexibility index (Phi) is 6.91. The molecule has 3 rings (SSSR count). The second-order valence-electron chi connectivity index (χ2n) is 9.18. The number of amides is 2. The summed E-state index contributed by atoms with van der Waals surface area (Å²) in [5.41, 5.74) is 4.83. The van der Waals surface area contributed by atoms with Crippen LogP contribution in [0.3, 0.4) is 0 Å². The van der Waals surface area contributed by atoms with Gasteiger partial charge < -0.3 is 15.5 Å². The van der Waals surface area contributed by atoms with Crippen molar-refractivity contribution in [3.8, 4) is 0 Å². The van der Waals surface area contributed by atoms with E-state index in [1.54, 1.807) is 0 Å². The van der Waals surface area contributed by atoms with Crippen molar-refractivity contribution in [2.45, 2.75) is 71.9 Å². The third kappa shape index (κ3) is 4.41. The van der Waals surface area contributed by atoms with Gasteiger partial charge in [-0.25, -0.2) is 4.79 Å². The molecular formula is C22H35N5O4. The highest BCUT2D eigenvalue weighted by Crippen LogP contribution is 2.36. The molecule has 1 saturated carbocycles. The Hall–Kier alpha value is -2.58. The zero-order valence-corrected chi connectivity index (χ0v) is 19.0. The van der Waals surface area contributed by atoms with Crippen LogP contribution in [0.1, 0.15) is 59.3 Å². The Morgan fingerprint density at radius 3 is 2.61 bits per heavy atom. The number of nitrogens with zero attached hydrogens (tertiary/aromatic N) is 3. The fourth-order valence-corrected chi connectivity index (χ4v) is 5.04. The van der Waals surface area contributed by atoms with Crippen molar-refractivity contribution in [1.82, 2.24) is 14.5 Å². The summed E-state index contributed by atoms with van der Waals surface area (Å²) >= 11 is 0. The molecule has 9 nitrogen and oxygen atoms in total. The van der Waals surface area contributed by atoms with E-state index in [1.165, 1.54) is 22.9 Å². The van der Waals surface area contributed by atoms with Gasteiger partial charge in [-0.3, -0.25) is 23.9 Å². The number of hydrogen-bond acceptors (Lipinski definition) is 5. The molecule has 0 aromatic carbocycles. The number of aromatic amines is 1. The summed E-state index contributed by atoms with van der Waals surface area (Å²) in [6, 6.07) is 0.156. The van der Waals surface area contributed by atoms with Gasteiger partial charge in [-0.05, 0) is 24.7 Å². The van der Waals surface area contributed by atoms with Gasteiger partial charge in [0.1, 0.15) is 5.82 Å². The molecule has 2 aliphatic rings. The van der Waals surface area contributed by atoms with E-state index in [-0.39, 0.29) is 35.8 Å².